The van der Waals surface area contributed by atoms with Gasteiger partial charge in [-0.1, -0.05) is 11.6 Å². The van der Waals surface area contributed by atoms with Crippen LogP contribution in [0.4, 0.5) is 4.39 Å². The van der Waals surface area contributed by atoms with Gasteiger partial charge in [-0.3, -0.25) is 4.57 Å². The quantitative estimate of drug-likeness (QED) is 0.496. The van der Waals surface area contributed by atoms with Gasteiger partial charge in [0.2, 0.25) is 0 Å². The zero-order valence-electron chi connectivity index (χ0n) is 6.96. The number of rotatable bonds is 1. The van der Waals surface area contributed by atoms with Crippen LogP contribution in [0.5, 0.6) is 0 Å². The van der Waals surface area contributed by atoms with Crippen LogP contribution >= 0.6 is 56.8 Å². The van der Waals surface area contributed by atoms with Crippen molar-refractivity contribution in [2.24, 2.45) is 0 Å². The van der Waals surface area contributed by atoms with E-state index in [1.807, 2.05) is 0 Å². The molecule has 2 aromatic rings. The molecule has 0 aliphatic carbocycles. The lowest BCUT2D eigenvalue weighted by Gasteiger charge is -2.04. The van der Waals surface area contributed by atoms with E-state index in [0.29, 0.717) is 5.82 Å². The van der Waals surface area contributed by atoms with Crippen LogP contribution in [0.25, 0.3) is 5.82 Å². The van der Waals surface area contributed by atoms with E-state index < -0.39 is 6.08 Å². The highest BCUT2D eigenvalue weighted by Crippen LogP contribution is 2.22. The third-order valence-electron chi connectivity index (χ3n) is 1.59. The lowest BCUT2D eigenvalue weighted by atomic mass is 10.5. The summed E-state index contributed by atoms with van der Waals surface area (Å²) in [4.78, 5) is 11.0. The molecule has 0 amide bonds. The number of nitrogens with zero attached hydrogens (tertiary/aromatic N) is 4. The fraction of sp³-hybridized carbons (Fsp3) is 0. The maximum atomic E-state index is 12.9. The molecule has 0 atom stereocenters. The highest BCUT2D eigenvalue weighted by Gasteiger charge is 2.12. The molecule has 0 fully saturated rings. The second-order valence-corrected chi connectivity index (χ2v) is 4.96. The highest BCUT2D eigenvalue weighted by atomic mass is 127. The Kier molecular flexibility index (Phi) is 3.40. The largest absolute Gasteiger partial charge is 0.310 e. The highest BCUT2D eigenvalue weighted by molar-refractivity contribution is 14.1. The summed E-state index contributed by atoms with van der Waals surface area (Å²) in [7, 11) is 0. The van der Waals surface area contributed by atoms with Crippen LogP contribution in [0, 0.1) is 13.5 Å². The molecule has 78 valence electrons. The van der Waals surface area contributed by atoms with Gasteiger partial charge in [0, 0.05) is 0 Å². The molecule has 0 unspecified atom stereocenters. The van der Waals surface area contributed by atoms with Crippen molar-refractivity contribution in [3.05, 3.63) is 31.0 Å². The third kappa shape index (κ3) is 2.23. The van der Waals surface area contributed by atoms with Crippen LogP contribution in [0.3, 0.4) is 0 Å². The van der Waals surface area contributed by atoms with Crippen LogP contribution in [0.15, 0.2) is 12.5 Å². The minimum absolute atomic E-state index is 0.281. The van der Waals surface area contributed by atoms with Crippen molar-refractivity contribution in [3.63, 3.8) is 0 Å². The molecule has 0 aliphatic rings. The Hall–Kier alpha value is -0.0300. The first-order valence-electron chi connectivity index (χ1n) is 3.66. The first-order valence-corrected chi connectivity index (χ1v) is 6.20. The van der Waals surface area contributed by atoms with Crippen LogP contribution in [-0.4, -0.2) is 19.5 Å². The molecule has 2 heterocycles. The summed E-state index contributed by atoms with van der Waals surface area (Å²) in [5.41, 5.74) is 0. The van der Waals surface area contributed by atoms with Crippen molar-refractivity contribution >= 4 is 56.8 Å². The van der Waals surface area contributed by atoms with E-state index in [4.69, 9.17) is 11.6 Å². The zero-order valence-corrected chi connectivity index (χ0v) is 12.0. The maximum absolute atomic E-state index is 12.9. The second kappa shape index (κ2) is 4.45. The summed E-state index contributed by atoms with van der Waals surface area (Å²) in [6.45, 7) is 0. The van der Waals surface area contributed by atoms with Crippen molar-refractivity contribution in [2.45, 2.75) is 0 Å². The predicted octanol–water partition coefficient (Wildman–Crippen LogP) is 2.66. The molecule has 0 saturated heterocycles. The minimum Gasteiger partial charge on any atom is -0.275 e. The third-order valence-corrected chi connectivity index (χ3v) is 4.71. The molecule has 0 N–H and O–H groups in total. The van der Waals surface area contributed by atoms with Crippen molar-refractivity contribution in [2.75, 3.05) is 0 Å². The van der Waals surface area contributed by atoms with E-state index in [0.717, 1.165) is 7.40 Å². The first-order chi connectivity index (χ1) is 7.09. The summed E-state index contributed by atoms with van der Waals surface area (Å²) < 4.78 is 16.1. The topological polar surface area (TPSA) is 43.6 Å². The summed E-state index contributed by atoms with van der Waals surface area (Å²) in [5, 5.41) is 0.281. The molecule has 0 aromatic carbocycles. The van der Waals surface area contributed by atoms with Gasteiger partial charge in [0.1, 0.15) is 18.8 Å². The number of hydrogen-bond acceptors (Lipinski definition) is 3. The number of imidazole rings is 1. The minimum atomic E-state index is -0.811. The van der Waals surface area contributed by atoms with Crippen molar-refractivity contribution < 1.29 is 4.39 Å². The monoisotopic (exact) mass is 450 g/mol. The fourth-order valence-electron chi connectivity index (χ4n) is 0.966. The van der Waals surface area contributed by atoms with Gasteiger partial charge in [-0.05, 0) is 45.2 Å². The predicted molar refractivity (Wildman–Crippen MR) is 69.6 cm³/mol. The standard InChI is InChI=1S/C7H2ClFI2N4/c8-3-1-12-7(9)14-6(3)15-2-13-4(10)5(15)11/h1-2H. The van der Waals surface area contributed by atoms with Gasteiger partial charge < -0.3 is 0 Å². The van der Waals surface area contributed by atoms with E-state index in [1.165, 1.54) is 12.5 Å². The molecule has 0 spiro atoms. The average Bonchev–Trinajstić information content (AvgIpc) is 2.52. The van der Waals surface area contributed by atoms with Gasteiger partial charge >= 0.3 is 6.08 Å². The summed E-state index contributed by atoms with van der Waals surface area (Å²) >= 11 is 10.0. The van der Waals surface area contributed by atoms with Gasteiger partial charge in [0.25, 0.3) is 0 Å². The van der Waals surface area contributed by atoms with Crippen molar-refractivity contribution in [1.29, 1.82) is 0 Å². The maximum Gasteiger partial charge on any atom is 0.310 e. The van der Waals surface area contributed by atoms with Crippen LogP contribution in [-0.2, 0) is 0 Å². The zero-order chi connectivity index (χ0) is 11.0. The Labute approximate surface area is 117 Å². The lowest BCUT2D eigenvalue weighted by molar-refractivity contribution is 0.535. The Balaban J connectivity index is 2.63. The van der Waals surface area contributed by atoms with Crippen LogP contribution in [0.2, 0.25) is 5.02 Å². The number of halogens is 4. The lowest BCUT2D eigenvalue weighted by Crippen LogP contribution is -2.02. The summed E-state index contributed by atoms with van der Waals surface area (Å²) in [6, 6.07) is 0. The molecule has 0 bridgehead atoms. The molecule has 2 rings (SSSR count). The SMILES string of the molecule is Fc1ncc(Cl)c(-n2cnc(I)c2I)n1. The molecule has 15 heavy (non-hydrogen) atoms. The van der Waals surface area contributed by atoms with E-state index in [9.17, 15) is 4.39 Å². The summed E-state index contributed by atoms with van der Waals surface area (Å²) in [5.74, 6) is 0.295. The number of hydrogen-bond donors (Lipinski definition) is 0. The molecule has 0 saturated carbocycles. The Morgan fingerprint density at radius 2 is 2.07 bits per heavy atom. The summed E-state index contributed by atoms with van der Waals surface area (Å²) in [6.07, 6.45) is 1.95. The van der Waals surface area contributed by atoms with Crippen LogP contribution in [0.1, 0.15) is 0 Å². The van der Waals surface area contributed by atoms with E-state index in [1.54, 1.807) is 4.57 Å². The Morgan fingerprint density at radius 3 is 2.67 bits per heavy atom. The molecule has 0 radical (unpaired) electrons. The van der Waals surface area contributed by atoms with E-state index in [2.05, 4.69) is 60.1 Å². The van der Waals surface area contributed by atoms with Gasteiger partial charge in [0.15, 0.2) is 5.82 Å². The molecule has 4 nitrogen and oxygen atoms in total. The number of aromatic nitrogens is 4. The fourth-order valence-corrected chi connectivity index (χ4v) is 2.02. The van der Waals surface area contributed by atoms with E-state index >= 15 is 0 Å². The van der Waals surface area contributed by atoms with Crippen LogP contribution < -0.4 is 0 Å². The van der Waals surface area contributed by atoms with Crippen molar-refractivity contribution in [3.8, 4) is 5.82 Å². The second-order valence-electron chi connectivity index (χ2n) is 2.51. The molecular formula is C7H2ClFI2N4. The molecule has 0 aliphatic heterocycles. The Bertz CT molecular complexity index is 516. The van der Waals surface area contributed by atoms with Crippen molar-refractivity contribution in [1.82, 2.24) is 19.5 Å². The van der Waals surface area contributed by atoms with Gasteiger partial charge in [-0.25, -0.2) is 9.97 Å². The van der Waals surface area contributed by atoms with Gasteiger partial charge in [-0.15, -0.1) is 0 Å². The normalized spacial score (nSPS) is 10.7. The smallest absolute Gasteiger partial charge is 0.275 e. The van der Waals surface area contributed by atoms with Gasteiger partial charge in [0.05, 0.1) is 6.20 Å². The van der Waals surface area contributed by atoms with E-state index in [-0.39, 0.29) is 5.02 Å². The molecule has 2 aromatic heterocycles. The first kappa shape index (κ1) is 11.5. The molecule has 8 heteroatoms. The molecular weight excluding hydrogens is 448 g/mol. The Morgan fingerprint density at radius 1 is 1.33 bits per heavy atom. The average molecular weight is 450 g/mol. The van der Waals surface area contributed by atoms with Gasteiger partial charge in [-0.2, -0.15) is 9.37 Å².